The average molecular weight is 358 g/mol. The maximum atomic E-state index is 13.4. The molecule has 0 bridgehead atoms. The molecule has 1 atom stereocenters. The quantitative estimate of drug-likeness (QED) is 0.566. The summed E-state index contributed by atoms with van der Waals surface area (Å²) in [5, 5.41) is 4.56. The monoisotopic (exact) mass is 357 g/mol. The van der Waals surface area contributed by atoms with Gasteiger partial charge in [0, 0.05) is 37.3 Å². The van der Waals surface area contributed by atoms with Crippen LogP contribution in [0.15, 0.2) is 12.2 Å². The van der Waals surface area contributed by atoms with Gasteiger partial charge in [0.05, 0.1) is 5.69 Å². The summed E-state index contributed by atoms with van der Waals surface area (Å²) in [6.07, 6.45) is 15.2. The number of amides is 1. The molecule has 0 radical (unpaired) electrons. The Morgan fingerprint density at radius 2 is 1.88 bits per heavy atom. The molecule has 4 nitrogen and oxygen atoms in total. The van der Waals surface area contributed by atoms with E-state index in [1.54, 1.807) is 0 Å². The van der Waals surface area contributed by atoms with E-state index in [9.17, 15) is 4.79 Å². The topological polar surface area (TPSA) is 38.1 Å². The van der Waals surface area contributed by atoms with E-state index in [4.69, 9.17) is 0 Å². The summed E-state index contributed by atoms with van der Waals surface area (Å²) in [5.41, 5.74) is 3.48. The lowest BCUT2D eigenvalue weighted by Crippen LogP contribution is -2.39. The van der Waals surface area contributed by atoms with Crippen molar-refractivity contribution in [3.05, 3.63) is 29.1 Å². The molecule has 3 rings (SSSR count). The van der Waals surface area contributed by atoms with E-state index in [1.807, 2.05) is 11.7 Å². The summed E-state index contributed by atoms with van der Waals surface area (Å²) in [6, 6.07) is 0. The van der Waals surface area contributed by atoms with E-state index in [2.05, 4.69) is 36.0 Å². The highest BCUT2D eigenvalue weighted by atomic mass is 16.2. The molecule has 1 saturated carbocycles. The minimum atomic E-state index is 0.230. The Bertz CT molecular complexity index is 638. The molecular formula is C22H35N3O. The molecule has 0 N–H and O–H groups in total. The third-order valence-corrected chi connectivity index (χ3v) is 6.38. The van der Waals surface area contributed by atoms with Gasteiger partial charge in [-0.25, -0.2) is 0 Å². The number of aromatic nitrogens is 2. The third-order valence-electron chi connectivity index (χ3n) is 6.38. The van der Waals surface area contributed by atoms with Crippen molar-refractivity contribution < 1.29 is 4.79 Å². The van der Waals surface area contributed by atoms with Crippen molar-refractivity contribution in [2.45, 2.75) is 78.2 Å². The Hall–Kier alpha value is -1.58. The highest BCUT2D eigenvalue weighted by Gasteiger charge is 2.28. The van der Waals surface area contributed by atoms with Gasteiger partial charge in [-0.05, 0) is 51.9 Å². The van der Waals surface area contributed by atoms with Crippen LogP contribution >= 0.6 is 0 Å². The van der Waals surface area contributed by atoms with Crippen LogP contribution in [0.5, 0.6) is 0 Å². The van der Waals surface area contributed by atoms with Gasteiger partial charge in [-0.15, -0.1) is 0 Å². The number of carbonyl (C=O) groups is 1. The first-order valence-corrected chi connectivity index (χ1v) is 10.5. The van der Waals surface area contributed by atoms with Crippen LogP contribution in [0.1, 0.15) is 74.7 Å². The van der Waals surface area contributed by atoms with Crippen LogP contribution in [0.3, 0.4) is 0 Å². The SMILES string of the molecule is Cc1nn(C)c(C)c1CN(C[C@H]1CC=CCC1)C(=O)C1CCCCCC1. The van der Waals surface area contributed by atoms with Crippen LogP contribution in [-0.2, 0) is 18.4 Å². The lowest BCUT2D eigenvalue weighted by Gasteiger charge is -2.31. The minimum absolute atomic E-state index is 0.230. The number of rotatable bonds is 5. The second kappa shape index (κ2) is 8.88. The predicted molar refractivity (Wildman–Crippen MR) is 106 cm³/mol. The van der Waals surface area contributed by atoms with E-state index >= 15 is 0 Å². The van der Waals surface area contributed by atoms with Crippen molar-refractivity contribution in [3.63, 3.8) is 0 Å². The van der Waals surface area contributed by atoms with E-state index in [0.717, 1.165) is 44.5 Å². The van der Waals surface area contributed by atoms with Crippen LogP contribution in [0.25, 0.3) is 0 Å². The van der Waals surface area contributed by atoms with Crippen LogP contribution in [0.4, 0.5) is 0 Å². The van der Waals surface area contributed by atoms with Gasteiger partial charge in [-0.2, -0.15) is 5.10 Å². The Morgan fingerprint density at radius 1 is 1.15 bits per heavy atom. The molecule has 0 aromatic carbocycles. The first kappa shape index (κ1) is 19.2. The molecule has 1 amide bonds. The number of allylic oxidation sites excluding steroid dienone is 2. The van der Waals surface area contributed by atoms with Gasteiger partial charge in [-0.3, -0.25) is 9.48 Å². The van der Waals surface area contributed by atoms with Crippen molar-refractivity contribution in [1.82, 2.24) is 14.7 Å². The molecule has 0 spiro atoms. The van der Waals surface area contributed by atoms with E-state index < -0.39 is 0 Å². The van der Waals surface area contributed by atoms with Crippen molar-refractivity contribution in [2.24, 2.45) is 18.9 Å². The standard InChI is InChI=1S/C22H35N3O/c1-17-21(18(2)24(3)23-17)16-25(15-19-11-7-6-8-12-19)22(26)20-13-9-4-5-10-14-20/h6-7,19-20H,4-5,8-16H2,1-3H3/t19-/m0/s1. The molecule has 0 aliphatic heterocycles. The summed E-state index contributed by atoms with van der Waals surface area (Å²) >= 11 is 0. The Kier molecular flexibility index (Phi) is 6.55. The normalized spacial score (nSPS) is 21.6. The van der Waals surface area contributed by atoms with Gasteiger partial charge in [0.1, 0.15) is 0 Å². The van der Waals surface area contributed by atoms with Gasteiger partial charge >= 0.3 is 0 Å². The lowest BCUT2D eigenvalue weighted by molar-refractivity contribution is -0.137. The molecule has 2 aliphatic rings. The summed E-state index contributed by atoms with van der Waals surface area (Å²) in [4.78, 5) is 15.6. The molecule has 0 saturated heterocycles. The Balaban J connectivity index is 1.78. The van der Waals surface area contributed by atoms with Crippen LogP contribution in [-0.4, -0.2) is 27.1 Å². The number of hydrogen-bond donors (Lipinski definition) is 0. The smallest absolute Gasteiger partial charge is 0.225 e. The van der Waals surface area contributed by atoms with E-state index in [0.29, 0.717) is 11.8 Å². The fourth-order valence-electron chi connectivity index (χ4n) is 4.59. The zero-order valence-electron chi connectivity index (χ0n) is 16.8. The van der Waals surface area contributed by atoms with E-state index in [1.165, 1.54) is 43.4 Å². The average Bonchev–Trinajstić information content (AvgIpc) is 2.85. The van der Waals surface area contributed by atoms with Crippen molar-refractivity contribution >= 4 is 5.91 Å². The molecule has 0 unspecified atom stereocenters. The lowest BCUT2D eigenvalue weighted by atomic mass is 9.92. The number of aryl methyl sites for hydroxylation is 2. The zero-order chi connectivity index (χ0) is 18.5. The second-order valence-corrected chi connectivity index (χ2v) is 8.33. The van der Waals surface area contributed by atoms with Crippen molar-refractivity contribution in [1.29, 1.82) is 0 Å². The Labute approximate surface area is 158 Å². The van der Waals surface area contributed by atoms with Gasteiger partial charge in [0.25, 0.3) is 0 Å². The highest BCUT2D eigenvalue weighted by Crippen LogP contribution is 2.28. The zero-order valence-corrected chi connectivity index (χ0v) is 16.8. The maximum Gasteiger partial charge on any atom is 0.225 e. The van der Waals surface area contributed by atoms with Gasteiger partial charge < -0.3 is 4.90 Å². The highest BCUT2D eigenvalue weighted by molar-refractivity contribution is 5.79. The number of carbonyl (C=O) groups excluding carboxylic acids is 1. The van der Waals surface area contributed by atoms with Crippen molar-refractivity contribution in [3.8, 4) is 0 Å². The molecule has 1 fully saturated rings. The first-order chi connectivity index (χ1) is 12.6. The second-order valence-electron chi connectivity index (χ2n) is 8.33. The van der Waals surface area contributed by atoms with Crippen LogP contribution in [0, 0.1) is 25.7 Å². The Morgan fingerprint density at radius 3 is 2.46 bits per heavy atom. The molecule has 1 heterocycles. The number of nitrogens with zero attached hydrogens (tertiary/aromatic N) is 3. The molecule has 144 valence electrons. The van der Waals surface area contributed by atoms with Gasteiger partial charge in [-0.1, -0.05) is 37.8 Å². The largest absolute Gasteiger partial charge is 0.338 e. The van der Waals surface area contributed by atoms with Gasteiger partial charge in [0.15, 0.2) is 0 Å². The maximum absolute atomic E-state index is 13.4. The van der Waals surface area contributed by atoms with Gasteiger partial charge in [0.2, 0.25) is 5.91 Å². The summed E-state index contributed by atoms with van der Waals surface area (Å²) in [7, 11) is 2.00. The third kappa shape index (κ3) is 4.57. The van der Waals surface area contributed by atoms with E-state index in [-0.39, 0.29) is 5.92 Å². The molecule has 1 aromatic rings. The summed E-state index contributed by atoms with van der Waals surface area (Å²) in [6.45, 7) is 5.81. The fraction of sp³-hybridized carbons (Fsp3) is 0.727. The molecule has 26 heavy (non-hydrogen) atoms. The molecule has 4 heteroatoms. The molecule has 1 aromatic heterocycles. The van der Waals surface area contributed by atoms with Crippen molar-refractivity contribution in [2.75, 3.05) is 6.54 Å². The molecular weight excluding hydrogens is 322 g/mol. The fourth-order valence-corrected chi connectivity index (χ4v) is 4.59. The minimum Gasteiger partial charge on any atom is -0.338 e. The van der Waals surface area contributed by atoms with Crippen LogP contribution in [0.2, 0.25) is 0 Å². The molecule has 2 aliphatic carbocycles. The summed E-state index contributed by atoms with van der Waals surface area (Å²) < 4.78 is 1.95. The predicted octanol–water partition coefficient (Wildman–Crippen LogP) is 4.69. The summed E-state index contributed by atoms with van der Waals surface area (Å²) in [5.74, 6) is 1.23. The number of hydrogen-bond acceptors (Lipinski definition) is 2. The van der Waals surface area contributed by atoms with Crippen LogP contribution < -0.4 is 0 Å². The first-order valence-electron chi connectivity index (χ1n) is 10.5.